The van der Waals surface area contributed by atoms with Crippen LogP contribution in [0.1, 0.15) is 88.2 Å². The molecule has 0 saturated heterocycles. The smallest absolute Gasteiger partial charge is 0.164 e. The van der Waals surface area contributed by atoms with Gasteiger partial charge in [0, 0.05) is 5.56 Å². The Hall–Kier alpha value is -1.48. The van der Waals surface area contributed by atoms with Gasteiger partial charge in [-0.1, -0.05) is 43.2 Å². The van der Waals surface area contributed by atoms with Crippen molar-refractivity contribution in [2.45, 2.75) is 83.7 Å². The fourth-order valence-electron chi connectivity index (χ4n) is 5.57. The molecule has 3 heteroatoms. The van der Waals surface area contributed by atoms with Gasteiger partial charge in [0.1, 0.15) is 0 Å². The Morgan fingerprint density at radius 1 is 0.967 bits per heavy atom. The molecule has 1 aromatic carbocycles. The van der Waals surface area contributed by atoms with Crippen molar-refractivity contribution in [3.63, 3.8) is 0 Å². The van der Waals surface area contributed by atoms with Crippen LogP contribution in [0.15, 0.2) is 36.9 Å². The van der Waals surface area contributed by atoms with E-state index in [9.17, 15) is 8.78 Å². The molecule has 0 radical (unpaired) electrons. The Morgan fingerprint density at radius 3 is 2.27 bits per heavy atom. The third-order valence-corrected chi connectivity index (χ3v) is 7.45. The molecule has 2 saturated carbocycles. The van der Waals surface area contributed by atoms with Crippen LogP contribution in [-0.2, 0) is 11.3 Å². The number of halogens is 2. The van der Waals surface area contributed by atoms with Crippen molar-refractivity contribution in [1.29, 1.82) is 0 Å². The van der Waals surface area contributed by atoms with Gasteiger partial charge < -0.3 is 4.74 Å². The predicted octanol–water partition coefficient (Wildman–Crippen LogP) is 8.10. The summed E-state index contributed by atoms with van der Waals surface area (Å²) in [4.78, 5) is 0. The monoisotopic (exact) mass is 416 g/mol. The third-order valence-electron chi connectivity index (χ3n) is 7.45. The van der Waals surface area contributed by atoms with Gasteiger partial charge in [0.05, 0.1) is 13.2 Å². The van der Waals surface area contributed by atoms with E-state index in [0.717, 1.165) is 49.9 Å². The van der Waals surface area contributed by atoms with Crippen LogP contribution in [0, 0.1) is 29.4 Å². The minimum atomic E-state index is -0.729. The predicted molar refractivity (Wildman–Crippen MR) is 120 cm³/mol. The lowest BCUT2D eigenvalue weighted by molar-refractivity contribution is 0.144. The van der Waals surface area contributed by atoms with Crippen molar-refractivity contribution in [2.24, 2.45) is 17.8 Å². The highest BCUT2D eigenvalue weighted by Crippen LogP contribution is 2.45. The van der Waals surface area contributed by atoms with E-state index in [1.165, 1.54) is 32.1 Å². The van der Waals surface area contributed by atoms with Crippen LogP contribution in [0.5, 0.6) is 0 Å². The first kappa shape index (κ1) is 23.2. The molecule has 0 bridgehead atoms. The highest BCUT2D eigenvalue weighted by molar-refractivity contribution is 5.29. The van der Waals surface area contributed by atoms with Gasteiger partial charge in [-0.05, 0) is 87.5 Å². The second-order valence-corrected chi connectivity index (χ2v) is 9.28. The van der Waals surface area contributed by atoms with Crippen LogP contribution in [0.25, 0.3) is 0 Å². The normalized spacial score (nSPS) is 27.4. The number of hydrogen-bond donors (Lipinski definition) is 0. The first-order valence-corrected chi connectivity index (χ1v) is 11.9. The lowest BCUT2D eigenvalue weighted by atomic mass is 9.68. The molecule has 166 valence electrons. The Bertz CT molecular complexity index is 695. The van der Waals surface area contributed by atoms with Crippen molar-refractivity contribution in [3.8, 4) is 0 Å². The van der Waals surface area contributed by atoms with Gasteiger partial charge in [0.15, 0.2) is 11.6 Å². The van der Waals surface area contributed by atoms with Gasteiger partial charge in [0.25, 0.3) is 0 Å². The molecule has 1 nitrogen and oxygen atoms in total. The van der Waals surface area contributed by atoms with Crippen molar-refractivity contribution >= 4 is 0 Å². The van der Waals surface area contributed by atoms with Crippen LogP contribution in [0.3, 0.4) is 0 Å². The first-order chi connectivity index (χ1) is 14.6. The summed E-state index contributed by atoms with van der Waals surface area (Å²) in [5.41, 5.74) is 0.874. The van der Waals surface area contributed by atoms with Gasteiger partial charge in [-0.3, -0.25) is 0 Å². The molecule has 0 aromatic heterocycles. The Balaban J connectivity index is 1.50. The summed E-state index contributed by atoms with van der Waals surface area (Å²) in [6.45, 7) is 6.27. The second kappa shape index (κ2) is 11.8. The summed E-state index contributed by atoms with van der Waals surface area (Å²) < 4.78 is 34.7. The molecule has 2 aliphatic rings. The number of allylic oxidation sites excluding steroid dienone is 2. The van der Waals surface area contributed by atoms with E-state index >= 15 is 0 Å². The molecule has 0 unspecified atom stereocenters. The van der Waals surface area contributed by atoms with Crippen molar-refractivity contribution < 1.29 is 13.5 Å². The van der Waals surface area contributed by atoms with E-state index in [4.69, 9.17) is 4.74 Å². The first-order valence-electron chi connectivity index (χ1n) is 11.9. The summed E-state index contributed by atoms with van der Waals surface area (Å²) in [6.07, 6.45) is 17.9. The van der Waals surface area contributed by atoms with E-state index in [1.807, 2.05) is 25.2 Å². The number of benzene rings is 1. The van der Waals surface area contributed by atoms with Crippen molar-refractivity contribution in [1.82, 2.24) is 0 Å². The molecular formula is C27H38F2O. The molecule has 0 spiro atoms. The van der Waals surface area contributed by atoms with Crippen LogP contribution in [-0.4, -0.2) is 6.61 Å². The minimum absolute atomic E-state index is 0.107. The maximum atomic E-state index is 14.8. The maximum absolute atomic E-state index is 14.8. The number of rotatable bonds is 9. The molecule has 1 aromatic rings. The zero-order chi connectivity index (χ0) is 21.3. The van der Waals surface area contributed by atoms with Crippen LogP contribution in [0.2, 0.25) is 0 Å². The summed E-state index contributed by atoms with van der Waals surface area (Å²) in [6, 6.07) is 3.50. The zero-order valence-corrected chi connectivity index (χ0v) is 18.6. The van der Waals surface area contributed by atoms with E-state index in [-0.39, 0.29) is 12.5 Å². The summed E-state index contributed by atoms with van der Waals surface area (Å²) in [7, 11) is 0. The quantitative estimate of drug-likeness (QED) is 0.292. The molecule has 2 fully saturated rings. The highest BCUT2D eigenvalue weighted by atomic mass is 19.2. The SMILES string of the molecule is C=CCCC1CCC(C2CCC(c3ccc(COCC=CC)c(F)c3F)CC2)CC1. The van der Waals surface area contributed by atoms with Gasteiger partial charge >= 0.3 is 0 Å². The fraction of sp³-hybridized carbons (Fsp3) is 0.630. The maximum Gasteiger partial charge on any atom is 0.164 e. The van der Waals surface area contributed by atoms with Gasteiger partial charge in [-0.15, -0.1) is 6.58 Å². The van der Waals surface area contributed by atoms with Gasteiger partial charge in [-0.2, -0.15) is 0 Å². The number of ether oxygens (including phenoxy) is 1. The molecule has 0 aliphatic heterocycles. The molecule has 0 N–H and O–H groups in total. The standard InChI is InChI=1S/C27H38F2O/c1-3-5-7-20-8-10-21(11-9-20)22-12-14-23(15-13-22)25-17-16-24(26(28)27(25)29)19-30-18-6-4-2/h3-4,6,16-17,20-23H,1,5,7-15,18-19H2,2H3. The molecular weight excluding hydrogens is 378 g/mol. The van der Waals surface area contributed by atoms with Crippen molar-refractivity contribution in [2.75, 3.05) is 6.61 Å². The molecule has 2 aliphatic carbocycles. The third kappa shape index (κ3) is 6.03. The lowest BCUT2D eigenvalue weighted by Crippen LogP contribution is -2.25. The minimum Gasteiger partial charge on any atom is -0.373 e. The Labute approximate surface area is 181 Å². The highest BCUT2D eigenvalue weighted by Gasteiger charge is 2.32. The Kier molecular flexibility index (Phi) is 9.11. The molecule has 30 heavy (non-hydrogen) atoms. The summed E-state index contributed by atoms with van der Waals surface area (Å²) in [5.74, 6) is 1.25. The van der Waals surface area contributed by atoms with Crippen LogP contribution in [0.4, 0.5) is 8.78 Å². The topological polar surface area (TPSA) is 9.23 Å². The van der Waals surface area contributed by atoms with Crippen LogP contribution < -0.4 is 0 Å². The largest absolute Gasteiger partial charge is 0.373 e. The lowest BCUT2D eigenvalue weighted by Gasteiger charge is -2.38. The van der Waals surface area contributed by atoms with E-state index in [2.05, 4.69) is 6.58 Å². The van der Waals surface area contributed by atoms with Crippen molar-refractivity contribution in [3.05, 3.63) is 59.7 Å². The Morgan fingerprint density at radius 2 is 1.63 bits per heavy atom. The molecule has 0 atom stereocenters. The number of hydrogen-bond acceptors (Lipinski definition) is 1. The van der Waals surface area contributed by atoms with Gasteiger partial charge in [0.2, 0.25) is 0 Å². The molecule has 3 rings (SSSR count). The molecule has 0 heterocycles. The van der Waals surface area contributed by atoms with E-state index in [1.54, 1.807) is 12.1 Å². The average molecular weight is 417 g/mol. The fourth-order valence-corrected chi connectivity index (χ4v) is 5.57. The average Bonchev–Trinajstić information content (AvgIpc) is 2.78. The van der Waals surface area contributed by atoms with E-state index in [0.29, 0.717) is 17.7 Å². The zero-order valence-electron chi connectivity index (χ0n) is 18.6. The van der Waals surface area contributed by atoms with Gasteiger partial charge in [-0.25, -0.2) is 8.78 Å². The summed E-state index contributed by atoms with van der Waals surface area (Å²) in [5, 5.41) is 0. The van der Waals surface area contributed by atoms with Crippen LogP contribution >= 0.6 is 0 Å². The summed E-state index contributed by atoms with van der Waals surface area (Å²) >= 11 is 0. The molecule has 0 amide bonds. The second-order valence-electron chi connectivity index (χ2n) is 9.28. The van der Waals surface area contributed by atoms with E-state index < -0.39 is 11.6 Å².